The van der Waals surface area contributed by atoms with E-state index >= 15 is 0 Å². The summed E-state index contributed by atoms with van der Waals surface area (Å²) < 4.78 is 30.4. The van der Waals surface area contributed by atoms with E-state index in [4.69, 9.17) is 9.96 Å². The highest BCUT2D eigenvalue weighted by atomic mass is 32.2. The molecule has 0 saturated carbocycles. The molecule has 0 aliphatic carbocycles. The van der Waals surface area contributed by atoms with Gasteiger partial charge in [0.15, 0.2) is 0 Å². The lowest BCUT2D eigenvalue weighted by molar-refractivity contribution is 0.492. The molecule has 8 nitrogen and oxygen atoms in total. The summed E-state index contributed by atoms with van der Waals surface area (Å²) in [5.74, 6) is 0. The molecule has 0 bridgehead atoms. The van der Waals surface area contributed by atoms with E-state index in [0.717, 1.165) is 6.08 Å². The van der Waals surface area contributed by atoms with Gasteiger partial charge in [0.25, 0.3) is 10.1 Å². The average Bonchev–Trinajstić information content (AvgIpc) is 2.26. The van der Waals surface area contributed by atoms with Gasteiger partial charge in [-0.2, -0.15) is 23.7 Å². The maximum absolute atomic E-state index is 10.8. The van der Waals surface area contributed by atoms with Gasteiger partial charge >= 0.3 is 0 Å². The SMILES string of the molecule is C=C(/C=C(/N=NC)C(=N)C(C)=NNP)S(=O)(=O)O. The Balaban J connectivity index is 5.48. The third-order valence-corrected chi connectivity index (χ3v) is 2.60. The van der Waals surface area contributed by atoms with Crippen molar-refractivity contribution in [1.29, 1.82) is 5.41 Å². The number of azo groups is 1. The van der Waals surface area contributed by atoms with Crippen LogP contribution in [0.15, 0.2) is 38.6 Å². The zero-order chi connectivity index (χ0) is 14.3. The summed E-state index contributed by atoms with van der Waals surface area (Å²) in [5, 5.41) is 20.9. The molecule has 0 aromatic carbocycles. The minimum Gasteiger partial charge on any atom is -0.297 e. The van der Waals surface area contributed by atoms with Crippen LogP contribution in [0.1, 0.15) is 6.92 Å². The second-order valence-electron chi connectivity index (χ2n) is 2.97. The Bertz CT molecular complexity index is 535. The van der Waals surface area contributed by atoms with Crippen LogP contribution >= 0.6 is 9.39 Å². The number of hydrazone groups is 1. The van der Waals surface area contributed by atoms with Crippen LogP contribution in [0, 0.1) is 5.41 Å². The van der Waals surface area contributed by atoms with Crippen molar-refractivity contribution < 1.29 is 13.0 Å². The zero-order valence-corrected chi connectivity index (χ0v) is 11.8. The Morgan fingerprint density at radius 1 is 1.56 bits per heavy atom. The fraction of sp³-hybridized carbons (Fsp3) is 0.250. The van der Waals surface area contributed by atoms with Gasteiger partial charge in [0.05, 0.1) is 10.6 Å². The van der Waals surface area contributed by atoms with E-state index in [9.17, 15) is 8.42 Å². The molecule has 0 spiro atoms. The van der Waals surface area contributed by atoms with Crippen LogP contribution in [0.4, 0.5) is 0 Å². The molecule has 10 heteroatoms. The summed E-state index contributed by atoms with van der Waals surface area (Å²) in [6, 6.07) is 0. The molecule has 0 aromatic rings. The third-order valence-electron chi connectivity index (χ3n) is 1.69. The number of hydrogen-bond acceptors (Lipinski definition) is 7. The van der Waals surface area contributed by atoms with Crippen molar-refractivity contribution in [2.24, 2.45) is 15.3 Å². The Morgan fingerprint density at radius 3 is 2.50 bits per heavy atom. The van der Waals surface area contributed by atoms with Crippen LogP contribution in [0.5, 0.6) is 0 Å². The van der Waals surface area contributed by atoms with E-state index in [0.29, 0.717) is 0 Å². The summed E-state index contributed by atoms with van der Waals surface area (Å²) in [6.45, 7) is 4.69. The summed E-state index contributed by atoms with van der Waals surface area (Å²) in [5.41, 5.74) is 0.0220. The number of nitrogens with one attached hydrogen (secondary N) is 2. The topological polar surface area (TPSA) is 127 Å². The average molecular weight is 291 g/mol. The van der Waals surface area contributed by atoms with Crippen LogP contribution < -0.4 is 5.20 Å². The van der Waals surface area contributed by atoms with E-state index < -0.39 is 15.0 Å². The van der Waals surface area contributed by atoms with E-state index in [1.807, 2.05) is 0 Å². The summed E-state index contributed by atoms with van der Waals surface area (Å²) in [7, 11) is -0.937. The number of allylic oxidation sites excluding steroid dienone is 2. The first-order valence-corrected chi connectivity index (χ1v) is 6.53. The molecule has 0 saturated heterocycles. The highest BCUT2D eigenvalue weighted by Crippen LogP contribution is 2.10. The fourth-order valence-electron chi connectivity index (χ4n) is 0.824. The second kappa shape index (κ2) is 7.10. The van der Waals surface area contributed by atoms with Crippen LogP contribution in [-0.2, 0) is 10.1 Å². The predicted octanol–water partition coefficient (Wildman–Crippen LogP) is 1.13. The van der Waals surface area contributed by atoms with Gasteiger partial charge in [-0.05, 0) is 22.4 Å². The van der Waals surface area contributed by atoms with Crippen molar-refractivity contribution >= 4 is 30.9 Å². The van der Waals surface area contributed by atoms with Crippen LogP contribution in [0.3, 0.4) is 0 Å². The molecule has 0 fully saturated rings. The Labute approximate surface area is 107 Å². The van der Waals surface area contributed by atoms with E-state index in [1.165, 1.54) is 14.0 Å². The normalized spacial score (nSPS) is 13.8. The first-order chi connectivity index (χ1) is 8.23. The lowest BCUT2D eigenvalue weighted by Gasteiger charge is -2.03. The van der Waals surface area contributed by atoms with Gasteiger partial charge in [-0.25, -0.2) is 0 Å². The van der Waals surface area contributed by atoms with Gasteiger partial charge in [0.1, 0.15) is 11.4 Å². The van der Waals surface area contributed by atoms with Crippen molar-refractivity contribution in [3.63, 3.8) is 0 Å². The summed E-state index contributed by atoms with van der Waals surface area (Å²) in [4.78, 5) is -0.582. The molecule has 1 atom stereocenters. The fourth-order valence-corrected chi connectivity index (χ4v) is 1.28. The molecule has 0 rings (SSSR count). The van der Waals surface area contributed by atoms with Crippen molar-refractivity contribution in [3.05, 3.63) is 23.3 Å². The van der Waals surface area contributed by atoms with Gasteiger partial charge in [-0.15, -0.1) is 0 Å². The molecule has 3 N–H and O–H groups in total. The number of nitrogens with zero attached hydrogens (tertiary/aromatic N) is 3. The lowest BCUT2D eigenvalue weighted by atomic mass is 10.2. The maximum Gasteiger partial charge on any atom is 0.293 e. The minimum absolute atomic E-state index is 0.0818. The molecule has 1 unspecified atom stereocenters. The minimum atomic E-state index is -4.42. The van der Waals surface area contributed by atoms with E-state index in [1.54, 1.807) is 0 Å². The highest BCUT2D eigenvalue weighted by molar-refractivity contribution is 7.90. The Morgan fingerprint density at radius 2 is 2.11 bits per heavy atom. The first kappa shape index (κ1) is 16.6. The highest BCUT2D eigenvalue weighted by Gasteiger charge is 2.14. The maximum atomic E-state index is 10.8. The monoisotopic (exact) mass is 291 g/mol. The van der Waals surface area contributed by atoms with Gasteiger partial charge < -0.3 is 0 Å². The third kappa shape index (κ3) is 5.26. The molecule has 0 radical (unpaired) electrons. The van der Waals surface area contributed by atoms with Crippen molar-refractivity contribution in [2.75, 3.05) is 7.05 Å². The van der Waals surface area contributed by atoms with Gasteiger partial charge in [0.2, 0.25) is 0 Å². The quantitative estimate of drug-likeness (QED) is 0.169. The first-order valence-electron chi connectivity index (χ1n) is 4.51. The van der Waals surface area contributed by atoms with Crippen LogP contribution in [-0.4, -0.2) is 31.4 Å². The molecular formula is C8H14N5O3PS. The number of rotatable bonds is 6. The van der Waals surface area contributed by atoms with Crippen molar-refractivity contribution in [2.45, 2.75) is 6.92 Å². The molecule has 0 aromatic heterocycles. The molecule has 0 amide bonds. The standard InChI is InChI=1S/C8H14N5O3PS/c1-5(18(14,15)16)4-7(12-10-3)8(9)6(2)11-13-17/h4,9,13H,1,17H2,2-3H3,(H,14,15,16)/b7-4+,9-8?,11-6?,12-10?. The zero-order valence-electron chi connectivity index (χ0n) is 9.88. The molecule has 100 valence electrons. The Hall–Kier alpha value is -1.44. The van der Waals surface area contributed by atoms with E-state index in [-0.39, 0.29) is 17.1 Å². The lowest BCUT2D eigenvalue weighted by Crippen LogP contribution is -2.14. The molecule has 18 heavy (non-hydrogen) atoms. The predicted molar refractivity (Wildman–Crippen MR) is 73.2 cm³/mol. The second-order valence-corrected chi connectivity index (χ2v) is 4.70. The molecular weight excluding hydrogens is 277 g/mol. The van der Waals surface area contributed by atoms with Crippen LogP contribution in [0.2, 0.25) is 0 Å². The van der Waals surface area contributed by atoms with Crippen molar-refractivity contribution in [1.82, 2.24) is 5.20 Å². The molecule has 0 aliphatic heterocycles. The smallest absolute Gasteiger partial charge is 0.293 e. The van der Waals surface area contributed by atoms with Gasteiger partial charge in [-0.1, -0.05) is 6.58 Å². The molecule has 0 heterocycles. The Kier molecular flexibility index (Phi) is 6.53. The van der Waals surface area contributed by atoms with Gasteiger partial charge in [-0.3, -0.25) is 15.2 Å². The van der Waals surface area contributed by atoms with Gasteiger partial charge in [0, 0.05) is 7.05 Å². The summed E-state index contributed by atoms with van der Waals surface area (Å²) >= 11 is 0. The van der Waals surface area contributed by atoms with Crippen molar-refractivity contribution in [3.8, 4) is 0 Å². The molecule has 0 aliphatic rings. The van der Waals surface area contributed by atoms with Crippen LogP contribution in [0.25, 0.3) is 0 Å². The largest absolute Gasteiger partial charge is 0.297 e. The van der Waals surface area contributed by atoms with E-state index in [2.05, 4.69) is 36.5 Å². The number of hydrogen-bond donors (Lipinski definition) is 3. The summed E-state index contributed by atoms with van der Waals surface area (Å²) in [6.07, 6.45) is 0.937.